The maximum Gasteiger partial charge on any atom is 0.305 e. The molecule has 0 aliphatic heterocycles. The Kier molecular flexibility index (Phi) is 4.67. The second-order valence-corrected chi connectivity index (χ2v) is 5.96. The molecule has 2 aromatic carbocycles. The van der Waals surface area contributed by atoms with E-state index in [2.05, 4.69) is 4.99 Å². The first-order chi connectivity index (χ1) is 11.5. The van der Waals surface area contributed by atoms with Gasteiger partial charge < -0.3 is 9.52 Å². The summed E-state index contributed by atoms with van der Waals surface area (Å²) in [6, 6.07) is 15.1. The van der Waals surface area contributed by atoms with E-state index in [9.17, 15) is 4.79 Å². The Morgan fingerprint density at radius 1 is 1.17 bits per heavy atom. The quantitative estimate of drug-likeness (QED) is 0.763. The van der Waals surface area contributed by atoms with Crippen molar-refractivity contribution in [1.82, 2.24) is 0 Å². The van der Waals surface area contributed by atoms with Gasteiger partial charge >= 0.3 is 5.97 Å². The molecule has 0 aliphatic carbocycles. The minimum atomic E-state index is -0.863. The number of nitrogens with zero attached hydrogens (tertiary/aromatic N) is 1. The van der Waals surface area contributed by atoms with Gasteiger partial charge in [0.15, 0.2) is 0 Å². The molecule has 1 heterocycles. The van der Waals surface area contributed by atoms with Crippen molar-refractivity contribution in [3.63, 3.8) is 0 Å². The van der Waals surface area contributed by atoms with Crippen molar-refractivity contribution in [1.29, 1.82) is 0 Å². The third kappa shape index (κ3) is 3.66. The van der Waals surface area contributed by atoms with Gasteiger partial charge in [0.1, 0.15) is 11.3 Å². The zero-order valence-electron chi connectivity index (χ0n) is 13.1. The van der Waals surface area contributed by atoms with Crippen LogP contribution in [0.5, 0.6) is 0 Å². The lowest BCUT2D eigenvalue weighted by molar-refractivity contribution is -0.136. The van der Waals surface area contributed by atoms with E-state index in [1.165, 1.54) is 0 Å². The highest BCUT2D eigenvalue weighted by Crippen LogP contribution is 2.24. The third-order valence-corrected chi connectivity index (χ3v) is 3.89. The Labute approximate surface area is 144 Å². The summed E-state index contributed by atoms with van der Waals surface area (Å²) in [6.07, 6.45) is -0.00434. The van der Waals surface area contributed by atoms with Crippen molar-refractivity contribution < 1.29 is 14.3 Å². The highest BCUT2D eigenvalue weighted by molar-refractivity contribution is 6.30. The number of aryl methyl sites for hydroxylation is 1. The van der Waals surface area contributed by atoms with Crippen LogP contribution in [0.15, 0.2) is 57.9 Å². The van der Waals surface area contributed by atoms with Gasteiger partial charge in [-0.1, -0.05) is 23.2 Å². The van der Waals surface area contributed by atoms with Gasteiger partial charge in [0.05, 0.1) is 18.3 Å². The predicted molar refractivity (Wildman–Crippen MR) is 94.1 cm³/mol. The predicted octanol–water partition coefficient (Wildman–Crippen LogP) is 4.44. The van der Waals surface area contributed by atoms with Crippen LogP contribution in [0.3, 0.4) is 0 Å². The molecule has 0 spiro atoms. The number of halogens is 1. The molecule has 122 valence electrons. The summed E-state index contributed by atoms with van der Waals surface area (Å²) in [5, 5.41) is 11.1. The highest BCUT2D eigenvalue weighted by Gasteiger charge is 2.07. The first-order valence-electron chi connectivity index (χ1n) is 7.56. The highest BCUT2D eigenvalue weighted by atomic mass is 35.5. The number of benzene rings is 2. The van der Waals surface area contributed by atoms with Gasteiger partial charge in [0.25, 0.3) is 0 Å². The van der Waals surface area contributed by atoms with Gasteiger partial charge in [-0.3, -0.25) is 9.79 Å². The van der Waals surface area contributed by atoms with Gasteiger partial charge in [-0.25, -0.2) is 0 Å². The van der Waals surface area contributed by atoms with Crippen LogP contribution < -0.4 is 5.36 Å². The number of rotatable bonds is 4. The van der Waals surface area contributed by atoms with Crippen molar-refractivity contribution in [2.45, 2.75) is 13.3 Å². The molecule has 0 aliphatic rings. The van der Waals surface area contributed by atoms with Crippen molar-refractivity contribution in [3.8, 4) is 11.3 Å². The number of carboxylic acid groups (broad SMARTS) is 1. The molecule has 3 rings (SSSR count). The molecular weight excluding hydrogens is 326 g/mol. The lowest BCUT2D eigenvalue weighted by Gasteiger charge is -2.06. The summed E-state index contributed by atoms with van der Waals surface area (Å²) in [6.45, 7) is 2.22. The van der Waals surface area contributed by atoms with Crippen molar-refractivity contribution >= 4 is 28.5 Å². The number of aliphatic carboxylic acids is 1. The zero-order chi connectivity index (χ0) is 17.1. The first kappa shape index (κ1) is 16.3. The molecule has 0 saturated carbocycles. The van der Waals surface area contributed by atoms with E-state index in [1.807, 2.05) is 43.3 Å². The molecular formula is C19H16ClNO3. The van der Waals surface area contributed by atoms with E-state index >= 15 is 0 Å². The molecule has 0 fully saturated rings. The Hall–Kier alpha value is -2.59. The molecule has 1 aromatic heterocycles. The van der Waals surface area contributed by atoms with Crippen LogP contribution in [0, 0.1) is 6.92 Å². The van der Waals surface area contributed by atoms with Gasteiger partial charge in [-0.05, 0) is 43.3 Å². The van der Waals surface area contributed by atoms with E-state index < -0.39 is 5.97 Å². The molecule has 24 heavy (non-hydrogen) atoms. The Bertz CT molecular complexity index is 959. The Balaban J connectivity index is 2.16. The van der Waals surface area contributed by atoms with Crippen LogP contribution in [0.25, 0.3) is 22.3 Å². The number of carboxylic acids is 1. The SMILES string of the molecule is Cc1ccc2oc(-c3ccc(Cl)cc3)cc(=NCCC(=O)O)c2c1. The minimum absolute atomic E-state index is 0.00434. The molecule has 4 nitrogen and oxygen atoms in total. The van der Waals surface area contributed by atoms with Gasteiger partial charge in [-0.2, -0.15) is 0 Å². The standard InChI is InChI=1S/C19H16ClNO3/c1-12-2-7-17-15(10-12)16(21-9-8-19(22)23)11-18(24-17)13-3-5-14(20)6-4-13/h2-7,10-11H,8-9H2,1H3,(H,22,23). The summed E-state index contributed by atoms with van der Waals surface area (Å²) < 4.78 is 5.99. The summed E-state index contributed by atoms with van der Waals surface area (Å²) in [5.74, 6) is -0.199. The second-order valence-electron chi connectivity index (χ2n) is 5.53. The Morgan fingerprint density at radius 3 is 2.62 bits per heavy atom. The van der Waals surface area contributed by atoms with Gasteiger partial charge in [0, 0.05) is 22.0 Å². The van der Waals surface area contributed by atoms with E-state index in [1.54, 1.807) is 12.1 Å². The second kappa shape index (κ2) is 6.89. The average Bonchev–Trinajstić information content (AvgIpc) is 2.55. The van der Waals surface area contributed by atoms with Crippen LogP contribution in [-0.2, 0) is 4.79 Å². The molecule has 5 heteroatoms. The summed E-state index contributed by atoms with van der Waals surface area (Å²) in [4.78, 5) is 15.2. The molecule has 0 bridgehead atoms. The molecule has 3 aromatic rings. The fourth-order valence-electron chi connectivity index (χ4n) is 2.44. The van der Waals surface area contributed by atoms with Crippen LogP contribution in [0.1, 0.15) is 12.0 Å². The number of hydrogen-bond acceptors (Lipinski definition) is 3. The lowest BCUT2D eigenvalue weighted by atomic mass is 10.1. The van der Waals surface area contributed by atoms with Crippen LogP contribution >= 0.6 is 11.6 Å². The number of hydrogen-bond donors (Lipinski definition) is 1. The summed E-state index contributed by atoms with van der Waals surface area (Å²) in [5.41, 5.74) is 2.69. The van der Waals surface area contributed by atoms with Crippen LogP contribution in [-0.4, -0.2) is 17.6 Å². The summed E-state index contributed by atoms with van der Waals surface area (Å²) in [7, 11) is 0. The molecule has 0 unspecified atom stereocenters. The van der Waals surface area contributed by atoms with Crippen LogP contribution in [0.2, 0.25) is 5.02 Å². The van der Waals surface area contributed by atoms with Crippen LogP contribution in [0.4, 0.5) is 0 Å². The van der Waals surface area contributed by atoms with Crippen molar-refractivity contribution in [3.05, 3.63) is 64.5 Å². The largest absolute Gasteiger partial charge is 0.481 e. The average molecular weight is 342 g/mol. The normalized spacial score (nSPS) is 11.8. The van der Waals surface area contributed by atoms with Gasteiger partial charge in [-0.15, -0.1) is 0 Å². The molecule has 0 radical (unpaired) electrons. The van der Waals surface area contributed by atoms with Crippen molar-refractivity contribution in [2.75, 3.05) is 6.54 Å². The fraction of sp³-hybridized carbons (Fsp3) is 0.158. The molecule has 0 atom stereocenters. The molecule has 0 saturated heterocycles. The van der Waals surface area contributed by atoms with Gasteiger partial charge in [0.2, 0.25) is 0 Å². The van der Waals surface area contributed by atoms with E-state index in [0.29, 0.717) is 16.4 Å². The molecule has 0 amide bonds. The number of fused-ring (bicyclic) bond motifs is 1. The fourth-order valence-corrected chi connectivity index (χ4v) is 2.57. The maximum absolute atomic E-state index is 10.7. The van der Waals surface area contributed by atoms with Crippen molar-refractivity contribution in [2.24, 2.45) is 4.99 Å². The Morgan fingerprint density at radius 2 is 1.92 bits per heavy atom. The van der Waals surface area contributed by atoms with E-state index in [4.69, 9.17) is 21.1 Å². The smallest absolute Gasteiger partial charge is 0.305 e. The molecule has 1 N–H and O–H groups in total. The van der Waals surface area contributed by atoms with E-state index in [0.717, 1.165) is 21.9 Å². The van der Waals surface area contributed by atoms with E-state index in [-0.39, 0.29) is 13.0 Å². The third-order valence-electron chi connectivity index (χ3n) is 3.64. The number of carbonyl (C=O) groups is 1. The monoisotopic (exact) mass is 341 g/mol. The minimum Gasteiger partial charge on any atom is -0.481 e. The lowest BCUT2D eigenvalue weighted by Crippen LogP contribution is -2.07. The summed E-state index contributed by atoms with van der Waals surface area (Å²) >= 11 is 5.94. The zero-order valence-corrected chi connectivity index (χ0v) is 13.9. The topological polar surface area (TPSA) is 62.8 Å². The maximum atomic E-state index is 10.7. The first-order valence-corrected chi connectivity index (χ1v) is 7.93.